The van der Waals surface area contributed by atoms with Crippen molar-refractivity contribution in [3.05, 3.63) is 29.8 Å². The predicted molar refractivity (Wildman–Crippen MR) is 53.5 cm³/mol. The van der Waals surface area contributed by atoms with Crippen LogP contribution in [0.15, 0.2) is 18.3 Å². The smallest absolute Gasteiger partial charge is 0.141 e. The van der Waals surface area contributed by atoms with Gasteiger partial charge in [-0.2, -0.15) is 0 Å². The van der Waals surface area contributed by atoms with Crippen LogP contribution >= 0.6 is 0 Å². The maximum atomic E-state index is 12.6. The molecule has 0 aliphatic carbocycles. The van der Waals surface area contributed by atoms with E-state index in [1.165, 1.54) is 25.1 Å². The summed E-state index contributed by atoms with van der Waals surface area (Å²) in [5, 5.41) is 3.33. The van der Waals surface area contributed by atoms with E-state index in [0.29, 0.717) is 5.92 Å². The first-order valence-corrected chi connectivity index (χ1v) is 5.16. The fourth-order valence-corrected chi connectivity index (χ4v) is 1.91. The van der Waals surface area contributed by atoms with Crippen molar-refractivity contribution in [3.8, 4) is 0 Å². The van der Waals surface area contributed by atoms with E-state index >= 15 is 0 Å². The summed E-state index contributed by atoms with van der Waals surface area (Å²) >= 11 is 0. The normalized spacial score (nSPS) is 18.4. The minimum absolute atomic E-state index is 0.251. The maximum Gasteiger partial charge on any atom is 0.141 e. The second-order valence-corrected chi connectivity index (χ2v) is 3.87. The van der Waals surface area contributed by atoms with Gasteiger partial charge in [0.05, 0.1) is 6.20 Å². The first-order chi connectivity index (χ1) is 6.84. The van der Waals surface area contributed by atoms with E-state index in [0.717, 1.165) is 25.2 Å². The molecule has 0 saturated carbocycles. The van der Waals surface area contributed by atoms with Crippen molar-refractivity contribution in [2.24, 2.45) is 5.92 Å². The summed E-state index contributed by atoms with van der Waals surface area (Å²) in [6.07, 6.45) is 4.70. The van der Waals surface area contributed by atoms with Crippen molar-refractivity contribution in [1.29, 1.82) is 0 Å². The van der Waals surface area contributed by atoms with Crippen LogP contribution in [-0.4, -0.2) is 18.1 Å². The van der Waals surface area contributed by atoms with E-state index in [4.69, 9.17) is 0 Å². The molecule has 1 saturated heterocycles. The van der Waals surface area contributed by atoms with Crippen LogP contribution in [-0.2, 0) is 6.42 Å². The molecule has 1 aliphatic heterocycles. The quantitative estimate of drug-likeness (QED) is 0.776. The monoisotopic (exact) mass is 194 g/mol. The molecule has 3 heteroatoms. The standard InChI is InChI=1S/C11H15FN2/c12-10-1-2-11(14-8-10)7-9-3-5-13-6-4-9/h1-2,8-9,13H,3-7H2. The highest BCUT2D eigenvalue weighted by Crippen LogP contribution is 2.16. The lowest BCUT2D eigenvalue weighted by molar-refractivity contribution is 0.370. The second-order valence-electron chi connectivity index (χ2n) is 3.87. The molecule has 14 heavy (non-hydrogen) atoms. The number of aromatic nitrogens is 1. The lowest BCUT2D eigenvalue weighted by atomic mass is 9.93. The Labute approximate surface area is 83.6 Å². The molecule has 0 atom stereocenters. The largest absolute Gasteiger partial charge is 0.317 e. The molecule has 0 aromatic carbocycles. The second kappa shape index (κ2) is 4.51. The minimum atomic E-state index is -0.251. The van der Waals surface area contributed by atoms with Gasteiger partial charge in [0.15, 0.2) is 0 Å². The van der Waals surface area contributed by atoms with E-state index < -0.39 is 0 Å². The lowest BCUT2D eigenvalue weighted by Gasteiger charge is -2.21. The maximum absolute atomic E-state index is 12.6. The molecule has 2 rings (SSSR count). The molecule has 2 nitrogen and oxygen atoms in total. The summed E-state index contributed by atoms with van der Waals surface area (Å²) in [4.78, 5) is 4.08. The van der Waals surface area contributed by atoms with Crippen LogP contribution in [0.5, 0.6) is 0 Å². The van der Waals surface area contributed by atoms with Crippen LogP contribution in [0, 0.1) is 11.7 Å². The zero-order valence-electron chi connectivity index (χ0n) is 8.17. The van der Waals surface area contributed by atoms with Gasteiger partial charge >= 0.3 is 0 Å². The van der Waals surface area contributed by atoms with Gasteiger partial charge in [0, 0.05) is 5.69 Å². The SMILES string of the molecule is Fc1ccc(CC2CCNCC2)nc1. The van der Waals surface area contributed by atoms with Gasteiger partial charge in [-0.1, -0.05) is 0 Å². The zero-order valence-corrected chi connectivity index (χ0v) is 8.17. The summed E-state index contributed by atoms with van der Waals surface area (Å²) in [6.45, 7) is 2.21. The number of rotatable bonds is 2. The summed E-state index contributed by atoms with van der Waals surface area (Å²) in [7, 11) is 0. The van der Waals surface area contributed by atoms with Crippen molar-refractivity contribution >= 4 is 0 Å². The molecule has 0 unspecified atom stereocenters. The van der Waals surface area contributed by atoms with Gasteiger partial charge in [-0.15, -0.1) is 0 Å². The highest BCUT2D eigenvalue weighted by molar-refractivity contribution is 5.06. The summed E-state index contributed by atoms with van der Waals surface area (Å²) < 4.78 is 12.6. The molecule has 1 aromatic rings. The molecule has 0 radical (unpaired) electrons. The molecule has 1 aliphatic rings. The van der Waals surface area contributed by atoms with Crippen LogP contribution in [0.25, 0.3) is 0 Å². The third-order valence-corrected chi connectivity index (χ3v) is 2.75. The molecule has 1 N–H and O–H groups in total. The fourth-order valence-electron chi connectivity index (χ4n) is 1.91. The van der Waals surface area contributed by atoms with E-state index in [9.17, 15) is 4.39 Å². The van der Waals surface area contributed by atoms with Crippen LogP contribution in [0.4, 0.5) is 4.39 Å². The summed E-state index contributed by atoms with van der Waals surface area (Å²) in [5.41, 5.74) is 1.01. The number of nitrogens with zero attached hydrogens (tertiary/aromatic N) is 1. The van der Waals surface area contributed by atoms with Crippen molar-refractivity contribution < 1.29 is 4.39 Å². The number of piperidine rings is 1. The Hall–Kier alpha value is -0.960. The third kappa shape index (κ3) is 2.51. The first kappa shape index (κ1) is 9.59. The first-order valence-electron chi connectivity index (χ1n) is 5.16. The average Bonchev–Trinajstić information content (AvgIpc) is 2.23. The Morgan fingerprint density at radius 2 is 2.14 bits per heavy atom. The van der Waals surface area contributed by atoms with Crippen LogP contribution in [0.3, 0.4) is 0 Å². The van der Waals surface area contributed by atoms with Crippen molar-refractivity contribution in [2.45, 2.75) is 19.3 Å². The Bertz CT molecular complexity index is 278. The third-order valence-electron chi connectivity index (χ3n) is 2.75. The molecule has 0 bridgehead atoms. The number of pyridine rings is 1. The number of halogens is 1. The van der Waals surface area contributed by atoms with Crippen molar-refractivity contribution in [3.63, 3.8) is 0 Å². The van der Waals surface area contributed by atoms with Gasteiger partial charge in [-0.3, -0.25) is 4.98 Å². The number of hydrogen-bond acceptors (Lipinski definition) is 2. The molecule has 1 aromatic heterocycles. The lowest BCUT2D eigenvalue weighted by Crippen LogP contribution is -2.28. The molecule has 76 valence electrons. The molecular weight excluding hydrogens is 179 g/mol. The van der Waals surface area contributed by atoms with Crippen molar-refractivity contribution in [1.82, 2.24) is 10.3 Å². The number of hydrogen-bond donors (Lipinski definition) is 1. The van der Waals surface area contributed by atoms with Gasteiger partial charge in [-0.05, 0) is 50.4 Å². The Kier molecular flexibility index (Phi) is 3.09. The topological polar surface area (TPSA) is 24.9 Å². The molecular formula is C11H15FN2. The van der Waals surface area contributed by atoms with Gasteiger partial charge in [0.2, 0.25) is 0 Å². The van der Waals surface area contributed by atoms with Gasteiger partial charge in [0.1, 0.15) is 5.82 Å². The van der Waals surface area contributed by atoms with Crippen LogP contribution in [0.2, 0.25) is 0 Å². The molecule has 1 fully saturated rings. The fraction of sp³-hybridized carbons (Fsp3) is 0.545. The summed E-state index contributed by atoms with van der Waals surface area (Å²) in [5.74, 6) is 0.466. The van der Waals surface area contributed by atoms with Gasteiger partial charge in [-0.25, -0.2) is 4.39 Å². The summed E-state index contributed by atoms with van der Waals surface area (Å²) in [6, 6.07) is 3.28. The molecule has 0 spiro atoms. The van der Waals surface area contributed by atoms with E-state index in [1.807, 2.05) is 0 Å². The van der Waals surface area contributed by atoms with Crippen molar-refractivity contribution in [2.75, 3.05) is 13.1 Å². The van der Waals surface area contributed by atoms with E-state index in [2.05, 4.69) is 10.3 Å². The van der Waals surface area contributed by atoms with Gasteiger partial charge < -0.3 is 5.32 Å². The Morgan fingerprint density at radius 3 is 2.79 bits per heavy atom. The predicted octanol–water partition coefficient (Wildman–Crippen LogP) is 1.76. The highest BCUT2D eigenvalue weighted by Gasteiger charge is 2.13. The zero-order chi connectivity index (χ0) is 9.80. The van der Waals surface area contributed by atoms with E-state index in [-0.39, 0.29) is 5.82 Å². The minimum Gasteiger partial charge on any atom is -0.317 e. The number of nitrogens with one attached hydrogen (secondary N) is 1. The van der Waals surface area contributed by atoms with E-state index in [1.54, 1.807) is 6.07 Å². The van der Waals surface area contributed by atoms with Crippen LogP contribution < -0.4 is 5.32 Å². The Morgan fingerprint density at radius 1 is 1.36 bits per heavy atom. The van der Waals surface area contributed by atoms with Gasteiger partial charge in [0.25, 0.3) is 0 Å². The molecule has 2 heterocycles. The average molecular weight is 194 g/mol. The highest BCUT2D eigenvalue weighted by atomic mass is 19.1. The Balaban J connectivity index is 1.92. The van der Waals surface area contributed by atoms with Crippen LogP contribution in [0.1, 0.15) is 18.5 Å². The molecule has 0 amide bonds.